The largest absolute Gasteiger partial charge is 0.497 e. The summed E-state index contributed by atoms with van der Waals surface area (Å²) in [5.74, 6) is 1.69. The molecule has 0 radical (unpaired) electrons. The van der Waals surface area contributed by atoms with Crippen LogP contribution in [0.5, 0.6) is 17.2 Å². The molecule has 1 aliphatic rings. The van der Waals surface area contributed by atoms with Crippen molar-refractivity contribution in [1.29, 1.82) is 0 Å². The average molecular weight is 397 g/mol. The summed E-state index contributed by atoms with van der Waals surface area (Å²) in [7, 11) is 3.55. The van der Waals surface area contributed by atoms with E-state index in [1.54, 1.807) is 18.3 Å². The van der Waals surface area contributed by atoms with Gasteiger partial charge in [-0.25, -0.2) is 4.39 Å². The standard InChI is InChI=1S/C22H24FN3O3/c1-14(15-4-7-20-21(10-15)29-9-8-28-20)26(2)13-16-12-24-25-22(16)18-6-5-17(27-3)11-19(18)23/h4-7,10-12,14H,8-9,13H2,1-3H3,(H,24,25)/t14-/m0/s1. The number of aromatic amines is 1. The lowest BCUT2D eigenvalue weighted by Crippen LogP contribution is -2.22. The quantitative estimate of drug-likeness (QED) is 0.676. The van der Waals surface area contributed by atoms with E-state index in [0.717, 1.165) is 22.6 Å². The Morgan fingerprint density at radius 2 is 1.97 bits per heavy atom. The molecular formula is C22H24FN3O3. The number of halogens is 1. The summed E-state index contributed by atoms with van der Waals surface area (Å²) in [4.78, 5) is 2.18. The fourth-order valence-electron chi connectivity index (χ4n) is 3.47. The van der Waals surface area contributed by atoms with Crippen molar-refractivity contribution < 1.29 is 18.6 Å². The van der Waals surface area contributed by atoms with Crippen molar-refractivity contribution in [2.75, 3.05) is 27.4 Å². The van der Waals surface area contributed by atoms with Gasteiger partial charge in [-0.15, -0.1) is 0 Å². The highest BCUT2D eigenvalue weighted by atomic mass is 19.1. The molecule has 0 unspecified atom stereocenters. The molecule has 1 aliphatic heterocycles. The monoisotopic (exact) mass is 397 g/mol. The lowest BCUT2D eigenvalue weighted by atomic mass is 10.0. The molecule has 0 spiro atoms. The van der Waals surface area contributed by atoms with Crippen LogP contribution in [0.3, 0.4) is 0 Å². The van der Waals surface area contributed by atoms with Crippen molar-refractivity contribution in [1.82, 2.24) is 15.1 Å². The first-order valence-electron chi connectivity index (χ1n) is 9.52. The van der Waals surface area contributed by atoms with Crippen LogP contribution in [-0.4, -0.2) is 42.5 Å². The van der Waals surface area contributed by atoms with Crippen LogP contribution in [0.25, 0.3) is 11.3 Å². The van der Waals surface area contributed by atoms with Gasteiger partial charge in [0.2, 0.25) is 0 Å². The number of nitrogens with zero attached hydrogens (tertiary/aromatic N) is 2. The number of benzene rings is 2. The van der Waals surface area contributed by atoms with Gasteiger partial charge in [0.15, 0.2) is 11.5 Å². The minimum atomic E-state index is -0.350. The lowest BCUT2D eigenvalue weighted by molar-refractivity contribution is 0.170. The van der Waals surface area contributed by atoms with E-state index < -0.39 is 0 Å². The molecule has 1 aromatic heterocycles. The Balaban J connectivity index is 1.53. The number of aromatic nitrogens is 2. The van der Waals surface area contributed by atoms with Crippen LogP contribution in [0.15, 0.2) is 42.6 Å². The molecule has 0 bridgehead atoms. The van der Waals surface area contributed by atoms with E-state index in [-0.39, 0.29) is 11.9 Å². The Labute approximate surface area is 169 Å². The molecule has 3 aromatic rings. The fourth-order valence-corrected chi connectivity index (χ4v) is 3.47. The van der Waals surface area contributed by atoms with Gasteiger partial charge < -0.3 is 14.2 Å². The number of nitrogens with one attached hydrogen (secondary N) is 1. The Morgan fingerprint density at radius 1 is 1.17 bits per heavy atom. The molecule has 4 rings (SSSR count). The molecule has 2 heterocycles. The summed E-state index contributed by atoms with van der Waals surface area (Å²) < 4.78 is 30.9. The van der Waals surface area contributed by atoms with Gasteiger partial charge >= 0.3 is 0 Å². The van der Waals surface area contributed by atoms with E-state index in [1.165, 1.54) is 13.2 Å². The van der Waals surface area contributed by atoms with E-state index in [1.807, 2.05) is 25.2 Å². The maximum atomic E-state index is 14.5. The minimum Gasteiger partial charge on any atom is -0.497 e. The van der Waals surface area contributed by atoms with Crippen LogP contribution in [0.1, 0.15) is 24.1 Å². The normalized spacial score (nSPS) is 14.1. The van der Waals surface area contributed by atoms with Crippen LogP contribution < -0.4 is 14.2 Å². The van der Waals surface area contributed by atoms with Crippen molar-refractivity contribution in [3.05, 3.63) is 59.5 Å². The Kier molecular flexibility index (Phi) is 5.40. The highest BCUT2D eigenvalue weighted by molar-refractivity contribution is 5.64. The second-order valence-corrected chi connectivity index (χ2v) is 7.11. The third-order valence-corrected chi connectivity index (χ3v) is 5.29. The van der Waals surface area contributed by atoms with Gasteiger partial charge in [0.25, 0.3) is 0 Å². The van der Waals surface area contributed by atoms with Crippen LogP contribution in [0.4, 0.5) is 4.39 Å². The molecule has 1 atom stereocenters. The van der Waals surface area contributed by atoms with Gasteiger partial charge in [-0.2, -0.15) is 5.10 Å². The number of ether oxygens (including phenoxy) is 3. The number of methoxy groups -OCH3 is 1. The van der Waals surface area contributed by atoms with E-state index in [4.69, 9.17) is 14.2 Å². The van der Waals surface area contributed by atoms with Crippen LogP contribution >= 0.6 is 0 Å². The number of hydrogen-bond acceptors (Lipinski definition) is 5. The molecule has 0 aliphatic carbocycles. The van der Waals surface area contributed by atoms with Gasteiger partial charge in [-0.05, 0) is 43.8 Å². The van der Waals surface area contributed by atoms with Crippen molar-refractivity contribution in [3.63, 3.8) is 0 Å². The third-order valence-electron chi connectivity index (χ3n) is 5.29. The molecule has 1 N–H and O–H groups in total. The Morgan fingerprint density at radius 3 is 2.72 bits per heavy atom. The first-order chi connectivity index (χ1) is 14.1. The molecule has 0 fully saturated rings. The summed E-state index contributed by atoms with van der Waals surface area (Å²) in [6, 6.07) is 11.0. The van der Waals surface area contributed by atoms with E-state index >= 15 is 0 Å². The first-order valence-corrected chi connectivity index (χ1v) is 9.52. The zero-order valence-corrected chi connectivity index (χ0v) is 16.7. The molecule has 7 heteroatoms. The summed E-state index contributed by atoms with van der Waals surface area (Å²) in [5.41, 5.74) is 3.18. The zero-order chi connectivity index (χ0) is 20.4. The van der Waals surface area contributed by atoms with E-state index in [2.05, 4.69) is 22.0 Å². The number of hydrogen-bond donors (Lipinski definition) is 1. The maximum absolute atomic E-state index is 14.5. The highest BCUT2D eigenvalue weighted by Crippen LogP contribution is 2.34. The average Bonchev–Trinajstić information content (AvgIpc) is 3.20. The van der Waals surface area contributed by atoms with Gasteiger partial charge in [0, 0.05) is 29.8 Å². The number of fused-ring (bicyclic) bond motifs is 1. The topological polar surface area (TPSA) is 59.6 Å². The predicted octanol–water partition coefficient (Wildman–Crippen LogP) is 4.19. The highest BCUT2D eigenvalue weighted by Gasteiger charge is 2.20. The molecule has 152 valence electrons. The first kappa shape index (κ1) is 19.3. The van der Waals surface area contributed by atoms with Crippen LogP contribution in [-0.2, 0) is 6.54 Å². The predicted molar refractivity (Wildman–Crippen MR) is 108 cm³/mol. The van der Waals surface area contributed by atoms with Gasteiger partial charge in [0.05, 0.1) is 19.0 Å². The number of H-pyrrole nitrogens is 1. The second-order valence-electron chi connectivity index (χ2n) is 7.11. The second kappa shape index (κ2) is 8.13. The SMILES string of the molecule is COc1ccc(-c2[nH]ncc2CN(C)[C@@H](C)c2ccc3c(c2)OCCO3)c(F)c1. The smallest absolute Gasteiger partial charge is 0.161 e. The molecule has 29 heavy (non-hydrogen) atoms. The fraction of sp³-hybridized carbons (Fsp3) is 0.318. The van der Waals surface area contributed by atoms with Gasteiger partial charge in [-0.1, -0.05) is 6.07 Å². The van der Waals surface area contributed by atoms with Gasteiger partial charge in [-0.3, -0.25) is 10.00 Å². The molecule has 0 saturated carbocycles. The molecule has 0 saturated heterocycles. The number of rotatable bonds is 6. The van der Waals surface area contributed by atoms with Crippen molar-refractivity contribution >= 4 is 0 Å². The van der Waals surface area contributed by atoms with Gasteiger partial charge in [0.1, 0.15) is 24.8 Å². The molecule has 0 amide bonds. The Bertz CT molecular complexity index is 1000. The van der Waals surface area contributed by atoms with Crippen molar-refractivity contribution in [3.8, 4) is 28.5 Å². The summed E-state index contributed by atoms with van der Waals surface area (Å²) in [6.07, 6.45) is 1.74. The Hall–Kier alpha value is -3.06. The summed E-state index contributed by atoms with van der Waals surface area (Å²) >= 11 is 0. The third kappa shape index (κ3) is 3.91. The van der Waals surface area contributed by atoms with E-state index in [9.17, 15) is 4.39 Å². The van der Waals surface area contributed by atoms with Crippen LogP contribution in [0, 0.1) is 5.82 Å². The molecule has 6 nitrogen and oxygen atoms in total. The lowest BCUT2D eigenvalue weighted by Gasteiger charge is -2.26. The summed E-state index contributed by atoms with van der Waals surface area (Å²) in [5, 5.41) is 7.07. The summed E-state index contributed by atoms with van der Waals surface area (Å²) in [6.45, 7) is 3.87. The van der Waals surface area contributed by atoms with E-state index in [0.29, 0.717) is 36.8 Å². The molecular weight excluding hydrogens is 373 g/mol. The van der Waals surface area contributed by atoms with Crippen molar-refractivity contribution in [2.45, 2.75) is 19.5 Å². The minimum absolute atomic E-state index is 0.120. The van der Waals surface area contributed by atoms with Crippen LogP contribution in [0.2, 0.25) is 0 Å². The maximum Gasteiger partial charge on any atom is 0.161 e. The zero-order valence-electron chi connectivity index (χ0n) is 16.7. The molecule has 2 aromatic carbocycles. The van der Waals surface area contributed by atoms with Crippen molar-refractivity contribution in [2.24, 2.45) is 0 Å².